The fourth-order valence-electron chi connectivity index (χ4n) is 1.83. The first-order valence-corrected chi connectivity index (χ1v) is 5.90. The second-order valence-corrected chi connectivity index (χ2v) is 4.58. The zero-order valence-corrected chi connectivity index (χ0v) is 9.27. The normalized spacial score (nSPS) is 15.8. The predicted octanol–water partition coefficient (Wildman–Crippen LogP) is 2.22. The third kappa shape index (κ3) is 1.32. The Kier molecular flexibility index (Phi) is 2.00. The van der Waals surface area contributed by atoms with Crippen molar-refractivity contribution < 1.29 is 0 Å². The van der Waals surface area contributed by atoms with Gasteiger partial charge in [-0.05, 0) is 0 Å². The number of aromatic amines is 1. The highest BCUT2D eigenvalue weighted by Crippen LogP contribution is 2.29. The summed E-state index contributed by atoms with van der Waals surface area (Å²) in [5, 5.41) is 10.4. The summed E-state index contributed by atoms with van der Waals surface area (Å²) in [5.41, 5.74) is 6.84. The molecule has 0 saturated carbocycles. The minimum Gasteiger partial charge on any atom is -0.385 e. The van der Waals surface area contributed by atoms with Crippen LogP contribution in [0.15, 0.2) is 29.3 Å². The lowest BCUT2D eigenvalue weighted by Gasteiger charge is -1.95. The Morgan fingerprint density at radius 3 is 2.75 bits per heavy atom. The maximum Gasteiger partial charge on any atom is 0.132 e. The van der Waals surface area contributed by atoms with E-state index in [1.165, 1.54) is 0 Å². The van der Waals surface area contributed by atoms with Crippen LogP contribution < -0.4 is 5.73 Å². The Morgan fingerprint density at radius 2 is 2.06 bits per heavy atom. The van der Waals surface area contributed by atoms with Crippen LogP contribution in [0.5, 0.6) is 0 Å². The molecule has 4 nitrogen and oxygen atoms in total. The van der Waals surface area contributed by atoms with Crippen LogP contribution in [-0.2, 0) is 0 Å². The number of nitrogen functional groups attached to an aromatic ring is 1. The first kappa shape index (κ1) is 9.47. The van der Waals surface area contributed by atoms with E-state index in [9.17, 15) is 0 Å². The van der Waals surface area contributed by atoms with Crippen LogP contribution in [0.4, 0.5) is 5.82 Å². The molecule has 2 aromatic rings. The molecule has 0 spiro atoms. The molecule has 16 heavy (non-hydrogen) atoms. The van der Waals surface area contributed by atoms with Gasteiger partial charge in [-0.25, -0.2) is 4.99 Å². The molecule has 3 rings (SSSR count). The molecule has 0 fully saturated rings. The molecule has 1 aromatic carbocycles. The van der Waals surface area contributed by atoms with Crippen LogP contribution in [0.25, 0.3) is 10.8 Å². The van der Waals surface area contributed by atoms with Crippen LogP contribution in [0, 0.1) is 5.41 Å². The van der Waals surface area contributed by atoms with E-state index in [-0.39, 0.29) is 0 Å². The van der Waals surface area contributed by atoms with Crippen molar-refractivity contribution in [1.82, 2.24) is 4.98 Å². The average Bonchev–Trinajstić information content (AvgIpc) is 2.84. The van der Waals surface area contributed by atoms with E-state index in [0.29, 0.717) is 17.4 Å². The number of thioether (sulfide) groups is 1. The first-order chi connectivity index (χ1) is 7.75. The van der Waals surface area contributed by atoms with Gasteiger partial charge in [0.2, 0.25) is 0 Å². The average molecular weight is 230 g/mol. The smallest absolute Gasteiger partial charge is 0.132 e. The Balaban J connectivity index is 2.25. The van der Waals surface area contributed by atoms with Crippen LogP contribution in [-0.4, -0.2) is 21.6 Å². The van der Waals surface area contributed by atoms with Crippen molar-refractivity contribution in [2.45, 2.75) is 0 Å². The second kappa shape index (κ2) is 3.38. The fraction of sp³-hybridized carbons (Fsp3) is 0.0909. The van der Waals surface area contributed by atoms with E-state index in [4.69, 9.17) is 11.1 Å². The summed E-state index contributed by atoms with van der Waals surface area (Å²) in [7, 11) is 0. The van der Waals surface area contributed by atoms with Crippen molar-refractivity contribution in [3.05, 3.63) is 30.0 Å². The van der Waals surface area contributed by atoms with E-state index in [1.807, 2.05) is 24.3 Å². The highest BCUT2D eigenvalue weighted by molar-refractivity contribution is 8.15. The summed E-state index contributed by atoms with van der Waals surface area (Å²) >= 11 is 1.57. The molecule has 0 saturated heterocycles. The van der Waals surface area contributed by atoms with Crippen molar-refractivity contribution in [2.24, 2.45) is 4.99 Å². The van der Waals surface area contributed by atoms with Crippen LogP contribution in [0.2, 0.25) is 0 Å². The summed E-state index contributed by atoms with van der Waals surface area (Å²) in [5.74, 6) is 1.72. The number of rotatable bonds is 1. The summed E-state index contributed by atoms with van der Waals surface area (Å²) < 4.78 is 0. The maximum absolute atomic E-state index is 7.49. The largest absolute Gasteiger partial charge is 0.385 e. The van der Waals surface area contributed by atoms with Crippen molar-refractivity contribution in [1.29, 1.82) is 5.41 Å². The van der Waals surface area contributed by atoms with Gasteiger partial charge >= 0.3 is 0 Å². The number of hydrogen-bond donors (Lipinski definition) is 3. The summed E-state index contributed by atoms with van der Waals surface area (Å²) in [6.45, 7) is 0. The summed E-state index contributed by atoms with van der Waals surface area (Å²) in [6, 6.07) is 7.94. The van der Waals surface area contributed by atoms with E-state index in [2.05, 4.69) is 9.98 Å². The first-order valence-electron chi connectivity index (χ1n) is 4.91. The van der Waals surface area contributed by atoms with Crippen LogP contribution >= 0.6 is 11.8 Å². The van der Waals surface area contributed by atoms with Gasteiger partial charge in [-0.3, -0.25) is 5.41 Å². The zero-order valence-electron chi connectivity index (χ0n) is 8.45. The Bertz CT molecular complexity index is 611. The topological polar surface area (TPSA) is 78.0 Å². The predicted molar refractivity (Wildman–Crippen MR) is 69.4 cm³/mol. The molecule has 1 aliphatic heterocycles. The zero-order chi connectivity index (χ0) is 11.1. The Hall–Kier alpha value is -1.75. The Morgan fingerprint density at radius 1 is 1.31 bits per heavy atom. The number of anilines is 1. The van der Waals surface area contributed by atoms with Gasteiger partial charge in [-0.15, -0.1) is 0 Å². The minimum absolute atomic E-state index is 0.414. The number of hydrogen-bond acceptors (Lipinski definition) is 3. The van der Waals surface area contributed by atoms with E-state index >= 15 is 0 Å². The lowest BCUT2D eigenvalue weighted by Crippen LogP contribution is -1.93. The number of H-pyrrole nitrogens is 1. The molecule has 0 aliphatic carbocycles. The van der Waals surface area contributed by atoms with Gasteiger partial charge in [0.15, 0.2) is 0 Å². The van der Waals surface area contributed by atoms with Gasteiger partial charge in [0.25, 0.3) is 0 Å². The standard InChI is InChI=1S/C11H10N4S/c12-8-5-16-11(14-8)9-6-3-1-2-4-7(6)10(13)15-9/h1-4,12,15H,5,13H2. The molecule has 0 atom stereocenters. The molecule has 4 N–H and O–H groups in total. The van der Waals surface area contributed by atoms with Gasteiger partial charge in [0, 0.05) is 10.8 Å². The fourth-order valence-corrected chi connectivity index (χ4v) is 2.64. The molecule has 2 heterocycles. The van der Waals surface area contributed by atoms with Gasteiger partial charge in [-0.2, -0.15) is 0 Å². The van der Waals surface area contributed by atoms with Crippen molar-refractivity contribution in [3.63, 3.8) is 0 Å². The van der Waals surface area contributed by atoms with Crippen molar-refractivity contribution >= 4 is 39.2 Å². The quantitative estimate of drug-likeness (QED) is 0.702. The minimum atomic E-state index is 0.414. The molecule has 0 unspecified atom stereocenters. The number of nitrogens with one attached hydrogen (secondary N) is 2. The third-order valence-corrected chi connectivity index (χ3v) is 3.53. The highest BCUT2D eigenvalue weighted by atomic mass is 32.2. The molecule has 5 heteroatoms. The molecule has 1 aliphatic rings. The lowest BCUT2D eigenvalue weighted by molar-refractivity contribution is 1.39. The highest BCUT2D eigenvalue weighted by Gasteiger charge is 2.18. The Labute approximate surface area is 96.5 Å². The van der Waals surface area contributed by atoms with Crippen LogP contribution in [0.3, 0.4) is 0 Å². The van der Waals surface area contributed by atoms with Crippen LogP contribution in [0.1, 0.15) is 5.69 Å². The lowest BCUT2D eigenvalue weighted by atomic mass is 10.2. The van der Waals surface area contributed by atoms with E-state index in [0.717, 1.165) is 21.5 Å². The molecular formula is C11H10N4S. The number of amidine groups is 1. The number of nitrogens with two attached hydrogens (primary N) is 1. The summed E-state index contributed by atoms with van der Waals surface area (Å²) in [6.07, 6.45) is 0. The van der Waals surface area contributed by atoms with Gasteiger partial charge in [0.05, 0.1) is 11.4 Å². The molecule has 80 valence electrons. The molecule has 0 bridgehead atoms. The number of benzene rings is 1. The second-order valence-electron chi connectivity index (χ2n) is 3.61. The monoisotopic (exact) mass is 230 g/mol. The van der Waals surface area contributed by atoms with Crippen molar-refractivity contribution in [3.8, 4) is 0 Å². The number of fused-ring (bicyclic) bond motifs is 1. The number of nitrogens with zero attached hydrogens (tertiary/aromatic N) is 1. The number of aromatic nitrogens is 1. The molecule has 0 radical (unpaired) electrons. The third-order valence-electron chi connectivity index (χ3n) is 2.54. The van der Waals surface area contributed by atoms with E-state index < -0.39 is 0 Å². The summed E-state index contributed by atoms with van der Waals surface area (Å²) in [4.78, 5) is 7.34. The van der Waals surface area contributed by atoms with Gasteiger partial charge < -0.3 is 10.7 Å². The van der Waals surface area contributed by atoms with Gasteiger partial charge in [-0.1, -0.05) is 36.0 Å². The molecule has 1 aromatic heterocycles. The molecule has 0 amide bonds. The van der Waals surface area contributed by atoms with Crippen molar-refractivity contribution in [2.75, 3.05) is 11.5 Å². The van der Waals surface area contributed by atoms with Gasteiger partial charge in [0.1, 0.15) is 16.7 Å². The number of aliphatic imine (C=N–C) groups is 1. The maximum atomic E-state index is 7.49. The molecular weight excluding hydrogens is 220 g/mol. The van der Waals surface area contributed by atoms with E-state index in [1.54, 1.807) is 11.8 Å². The SMILES string of the molecule is N=C1CSC(c2[nH]c(N)c3ccccc23)=N1.